The lowest BCUT2D eigenvalue weighted by Crippen LogP contribution is -2.07. The lowest BCUT2D eigenvalue weighted by molar-refractivity contribution is 0.181. The number of hydrogen-bond donors (Lipinski definition) is 1. The van der Waals surface area contributed by atoms with Crippen molar-refractivity contribution in [1.29, 1.82) is 0 Å². The van der Waals surface area contributed by atoms with Gasteiger partial charge in [-0.15, -0.1) is 5.10 Å². The van der Waals surface area contributed by atoms with Crippen LogP contribution in [0.15, 0.2) is 42.5 Å². The van der Waals surface area contributed by atoms with Crippen LogP contribution in [0.3, 0.4) is 0 Å². The molecule has 0 aliphatic carbocycles. The maximum atomic E-state index is 5.96. The molecule has 1 aromatic carbocycles. The van der Waals surface area contributed by atoms with Crippen LogP contribution in [-0.4, -0.2) is 44.2 Å². The second-order valence-electron chi connectivity index (χ2n) is 6.13. The molecule has 9 heteroatoms. The molecule has 0 aliphatic rings. The third-order valence-electron chi connectivity index (χ3n) is 4.19. The van der Waals surface area contributed by atoms with E-state index in [1.807, 2.05) is 42.5 Å². The molecule has 0 saturated carbocycles. The molecule has 3 heterocycles. The van der Waals surface area contributed by atoms with Crippen molar-refractivity contribution in [3.8, 4) is 17.0 Å². The van der Waals surface area contributed by atoms with Crippen molar-refractivity contribution in [1.82, 2.24) is 29.9 Å². The Balaban J connectivity index is 1.76. The average Bonchev–Trinajstić information content (AvgIpc) is 3.10. The first-order chi connectivity index (χ1) is 13.7. The van der Waals surface area contributed by atoms with E-state index in [2.05, 4.69) is 25.3 Å². The Morgan fingerprint density at radius 1 is 1.00 bits per heavy atom. The summed E-state index contributed by atoms with van der Waals surface area (Å²) in [6.45, 7) is 0.850. The molecule has 3 aromatic heterocycles. The highest BCUT2D eigenvalue weighted by atomic mass is 16.5. The van der Waals surface area contributed by atoms with Crippen LogP contribution in [0.4, 0.5) is 5.95 Å². The van der Waals surface area contributed by atoms with Crippen LogP contribution in [0.25, 0.3) is 22.4 Å². The van der Waals surface area contributed by atoms with Gasteiger partial charge in [-0.05, 0) is 24.3 Å². The minimum Gasteiger partial charge on any atom is -0.497 e. The van der Waals surface area contributed by atoms with Crippen molar-refractivity contribution >= 4 is 17.1 Å². The predicted molar refractivity (Wildman–Crippen MR) is 104 cm³/mol. The first-order valence-corrected chi connectivity index (χ1v) is 8.63. The largest absolute Gasteiger partial charge is 0.497 e. The molecule has 0 bridgehead atoms. The Morgan fingerprint density at radius 3 is 2.64 bits per heavy atom. The van der Waals surface area contributed by atoms with E-state index in [1.165, 1.54) is 0 Å². The number of aromatic nitrogens is 6. The molecule has 0 atom stereocenters. The number of nitrogens with zero attached hydrogens (tertiary/aromatic N) is 6. The van der Waals surface area contributed by atoms with Crippen molar-refractivity contribution in [2.45, 2.75) is 13.2 Å². The molecular formula is C19H19N7O2. The Hall–Kier alpha value is -3.59. The minimum absolute atomic E-state index is 0.148. The molecule has 0 saturated heterocycles. The van der Waals surface area contributed by atoms with Gasteiger partial charge in [0.15, 0.2) is 11.2 Å². The topological polar surface area (TPSA) is 114 Å². The summed E-state index contributed by atoms with van der Waals surface area (Å²) in [7, 11) is 3.25. The molecule has 0 fully saturated rings. The zero-order valence-electron chi connectivity index (χ0n) is 15.5. The first kappa shape index (κ1) is 17.8. The summed E-state index contributed by atoms with van der Waals surface area (Å²) in [4.78, 5) is 13.3. The smallest absolute Gasteiger partial charge is 0.222 e. The summed E-state index contributed by atoms with van der Waals surface area (Å²) < 4.78 is 12.1. The molecule has 0 radical (unpaired) electrons. The van der Waals surface area contributed by atoms with Crippen molar-refractivity contribution in [3.05, 3.63) is 53.9 Å². The standard InChI is InChI=1S/C19H19N7O2/c1-27-11-14-7-4-6-13(21-14)10-26-18-17(24-25-26)16(22-19(20)23-18)12-5-3-8-15(9-12)28-2/h3-9H,10-11H2,1-2H3,(H2,20,22,23). The highest BCUT2D eigenvalue weighted by Crippen LogP contribution is 2.28. The van der Waals surface area contributed by atoms with Crippen LogP contribution in [0.5, 0.6) is 5.75 Å². The second-order valence-corrected chi connectivity index (χ2v) is 6.13. The number of ether oxygens (including phenoxy) is 2. The highest BCUT2D eigenvalue weighted by Gasteiger charge is 2.16. The van der Waals surface area contributed by atoms with E-state index >= 15 is 0 Å². The molecule has 28 heavy (non-hydrogen) atoms. The maximum absolute atomic E-state index is 5.96. The SMILES string of the molecule is COCc1cccc(Cn2nnc3c(-c4cccc(OC)c4)nc(N)nc32)n1. The fraction of sp³-hybridized carbons (Fsp3) is 0.211. The molecule has 4 rings (SSSR count). The van der Waals surface area contributed by atoms with Gasteiger partial charge in [-0.1, -0.05) is 23.4 Å². The quantitative estimate of drug-likeness (QED) is 0.543. The molecule has 2 N–H and O–H groups in total. The zero-order valence-corrected chi connectivity index (χ0v) is 15.5. The number of methoxy groups -OCH3 is 2. The molecule has 142 valence electrons. The van der Waals surface area contributed by atoms with Crippen LogP contribution in [0, 0.1) is 0 Å². The van der Waals surface area contributed by atoms with Gasteiger partial charge in [0.1, 0.15) is 11.4 Å². The third-order valence-corrected chi connectivity index (χ3v) is 4.19. The van der Waals surface area contributed by atoms with Crippen molar-refractivity contribution in [3.63, 3.8) is 0 Å². The number of anilines is 1. The fourth-order valence-corrected chi connectivity index (χ4v) is 2.95. The maximum Gasteiger partial charge on any atom is 0.222 e. The van der Waals surface area contributed by atoms with Gasteiger partial charge in [-0.2, -0.15) is 4.98 Å². The monoisotopic (exact) mass is 377 g/mol. The van der Waals surface area contributed by atoms with Crippen molar-refractivity contribution in [2.24, 2.45) is 0 Å². The van der Waals surface area contributed by atoms with Gasteiger partial charge in [0.25, 0.3) is 0 Å². The number of pyridine rings is 1. The summed E-state index contributed by atoms with van der Waals surface area (Å²) in [5.41, 5.74) is 10.2. The Kier molecular flexibility index (Phi) is 4.81. The number of benzene rings is 1. The van der Waals surface area contributed by atoms with Crippen molar-refractivity contribution < 1.29 is 9.47 Å². The molecule has 0 unspecified atom stereocenters. The van der Waals surface area contributed by atoms with Gasteiger partial charge < -0.3 is 15.2 Å². The number of nitrogen functional groups attached to an aromatic ring is 1. The second kappa shape index (κ2) is 7.57. The van der Waals surface area contributed by atoms with Gasteiger partial charge >= 0.3 is 0 Å². The molecule has 4 aromatic rings. The Bertz CT molecular complexity index is 1130. The Morgan fingerprint density at radius 2 is 1.82 bits per heavy atom. The summed E-state index contributed by atoms with van der Waals surface area (Å²) in [6, 6.07) is 13.3. The van der Waals surface area contributed by atoms with E-state index in [0.29, 0.717) is 30.0 Å². The van der Waals surface area contributed by atoms with E-state index in [1.54, 1.807) is 18.9 Å². The first-order valence-electron chi connectivity index (χ1n) is 8.63. The number of rotatable bonds is 6. The number of hydrogen-bond acceptors (Lipinski definition) is 8. The van der Waals surface area contributed by atoms with Gasteiger partial charge in [0.05, 0.1) is 31.6 Å². The van der Waals surface area contributed by atoms with Gasteiger partial charge in [0.2, 0.25) is 5.95 Å². The van der Waals surface area contributed by atoms with Gasteiger partial charge in [-0.25, -0.2) is 9.67 Å². The van der Waals surface area contributed by atoms with Crippen LogP contribution in [0.2, 0.25) is 0 Å². The summed E-state index contributed by atoms with van der Waals surface area (Å²) in [6.07, 6.45) is 0. The zero-order chi connectivity index (χ0) is 19.5. The van der Waals surface area contributed by atoms with Crippen LogP contribution in [-0.2, 0) is 17.9 Å². The van der Waals surface area contributed by atoms with Gasteiger partial charge in [-0.3, -0.25) is 4.98 Å². The van der Waals surface area contributed by atoms with E-state index in [4.69, 9.17) is 15.2 Å². The summed E-state index contributed by atoms with van der Waals surface area (Å²) >= 11 is 0. The minimum atomic E-state index is 0.148. The highest BCUT2D eigenvalue weighted by molar-refractivity contribution is 5.88. The van der Waals surface area contributed by atoms with Crippen LogP contribution < -0.4 is 10.5 Å². The lowest BCUT2D eigenvalue weighted by Gasteiger charge is -2.07. The normalized spacial score (nSPS) is 11.1. The summed E-state index contributed by atoms with van der Waals surface area (Å²) in [5, 5.41) is 8.53. The average molecular weight is 377 g/mol. The van der Waals surface area contributed by atoms with E-state index in [9.17, 15) is 0 Å². The third kappa shape index (κ3) is 3.47. The van der Waals surface area contributed by atoms with Crippen LogP contribution in [0.1, 0.15) is 11.4 Å². The fourth-order valence-electron chi connectivity index (χ4n) is 2.95. The number of fused-ring (bicyclic) bond motifs is 1. The number of nitrogens with two attached hydrogens (primary N) is 1. The van der Waals surface area contributed by atoms with E-state index in [0.717, 1.165) is 22.7 Å². The van der Waals surface area contributed by atoms with E-state index < -0.39 is 0 Å². The van der Waals surface area contributed by atoms with E-state index in [-0.39, 0.29) is 5.95 Å². The molecule has 0 spiro atoms. The molecule has 0 amide bonds. The molecular weight excluding hydrogens is 358 g/mol. The molecule has 0 aliphatic heterocycles. The van der Waals surface area contributed by atoms with Crippen molar-refractivity contribution in [2.75, 3.05) is 20.0 Å². The molecule has 9 nitrogen and oxygen atoms in total. The Labute approximate surface area is 161 Å². The lowest BCUT2D eigenvalue weighted by atomic mass is 10.1. The van der Waals surface area contributed by atoms with Crippen LogP contribution >= 0.6 is 0 Å². The predicted octanol–water partition coefficient (Wildman–Crippen LogP) is 2.07. The van der Waals surface area contributed by atoms with Gasteiger partial charge in [0, 0.05) is 12.7 Å². The summed E-state index contributed by atoms with van der Waals surface area (Å²) in [5.74, 6) is 0.865.